The van der Waals surface area contributed by atoms with Crippen LogP contribution < -0.4 is 5.32 Å². The van der Waals surface area contributed by atoms with E-state index in [0.717, 1.165) is 6.29 Å². The maximum atomic E-state index is 11.7. The molecule has 6 nitrogen and oxygen atoms in total. The van der Waals surface area contributed by atoms with Crippen molar-refractivity contribution < 1.29 is 19.1 Å². The highest BCUT2D eigenvalue weighted by molar-refractivity contribution is 7.99. The number of methoxy groups -OCH3 is 1. The predicted octanol–water partition coefficient (Wildman–Crippen LogP) is -0.0819. The maximum absolute atomic E-state index is 11.7. The van der Waals surface area contributed by atoms with Gasteiger partial charge in [-0.25, -0.2) is 4.79 Å². The number of carbonyl (C=O) groups is 3. The molecule has 1 N–H and O–H groups in total. The highest BCUT2D eigenvalue weighted by Crippen LogP contribution is 2.05. The predicted molar refractivity (Wildman–Crippen MR) is 75.1 cm³/mol. The maximum Gasteiger partial charge on any atom is 0.328 e. The van der Waals surface area contributed by atoms with E-state index < -0.39 is 12.0 Å². The summed E-state index contributed by atoms with van der Waals surface area (Å²) < 4.78 is 4.65. The van der Waals surface area contributed by atoms with Crippen LogP contribution in [0, 0.1) is 0 Å². The molecule has 1 amide bonds. The Morgan fingerprint density at radius 3 is 2.63 bits per heavy atom. The number of nitrogens with zero attached hydrogens (tertiary/aromatic N) is 1. The largest absolute Gasteiger partial charge is 0.467 e. The number of ether oxygens (including phenoxy) is 1. The van der Waals surface area contributed by atoms with Crippen molar-refractivity contribution in [2.24, 2.45) is 0 Å². The van der Waals surface area contributed by atoms with Gasteiger partial charge in [0.2, 0.25) is 5.91 Å². The second-order valence-corrected chi connectivity index (χ2v) is 5.38. The van der Waals surface area contributed by atoms with E-state index in [2.05, 4.69) is 10.1 Å². The highest BCUT2D eigenvalue weighted by Gasteiger charge is 2.20. The fraction of sp³-hybridized carbons (Fsp3) is 0.750. The molecule has 1 atom stereocenters. The number of amides is 1. The molecule has 0 rings (SSSR count). The number of hydrogen-bond acceptors (Lipinski definition) is 6. The number of aldehydes is 1. The van der Waals surface area contributed by atoms with Crippen LogP contribution in [0.1, 0.15) is 12.8 Å². The van der Waals surface area contributed by atoms with Crippen molar-refractivity contribution in [3.05, 3.63) is 0 Å². The van der Waals surface area contributed by atoms with Crippen molar-refractivity contribution in [2.75, 3.05) is 39.3 Å². The van der Waals surface area contributed by atoms with Crippen LogP contribution in [0.15, 0.2) is 0 Å². The van der Waals surface area contributed by atoms with Crippen molar-refractivity contribution >= 4 is 29.9 Å². The molecule has 0 aromatic heterocycles. The van der Waals surface area contributed by atoms with Gasteiger partial charge in [-0.3, -0.25) is 4.79 Å². The number of carbonyl (C=O) groups excluding carboxylic acids is 3. The van der Waals surface area contributed by atoms with Gasteiger partial charge in [0.15, 0.2) is 0 Å². The Labute approximate surface area is 118 Å². The molecule has 0 aliphatic rings. The quantitative estimate of drug-likeness (QED) is 0.344. The summed E-state index contributed by atoms with van der Waals surface area (Å²) >= 11 is 1.42. The summed E-state index contributed by atoms with van der Waals surface area (Å²) in [7, 11) is 5.04. The molecule has 0 bridgehead atoms. The minimum absolute atomic E-state index is 0.176. The molecule has 19 heavy (non-hydrogen) atoms. The van der Waals surface area contributed by atoms with Crippen molar-refractivity contribution in [1.82, 2.24) is 10.2 Å². The van der Waals surface area contributed by atoms with E-state index in [1.807, 2.05) is 19.0 Å². The first kappa shape index (κ1) is 17.9. The molecule has 110 valence electrons. The monoisotopic (exact) mass is 290 g/mol. The van der Waals surface area contributed by atoms with Crippen molar-refractivity contribution in [2.45, 2.75) is 18.9 Å². The SMILES string of the molecule is COC(=O)C(CCSCC=O)NC(=O)CCN(C)C. The Balaban J connectivity index is 4.15. The third-order valence-electron chi connectivity index (χ3n) is 2.34. The van der Waals surface area contributed by atoms with Gasteiger partial charge in [-0.1, -0.05) is 0 Å². The summed E-state index contributed by atoms with van der Waals surface area (Å²) in [5.74, 6) is 0.379. The fourth-order valence-electron chi connectivity index (χ4n) is 1.32. The average Bonchev–Trinajstić information content (AvgIpc) is 2.39. The minimum Gasteiger partial charge on any atom is -0.467 e. The summed E-state index contributed by atoms with van der Waals surface area (Å²) in [6.07, 6.45) is 1.61. The summed E-state index contributed by atoms with van der Waals surface area (Å²) in [6.45, 7) is 0.625. The van der Waals surface area contributed by atoms with E-state index in [-0.39, 0.29) is 5.91 Å². The van der Waals surface area contributed by atoms with E-state index in [1.54, 1.807) is 0 Å². The van der Waals surface area contributed by atoms with Crippen LogP contribution in [-0.4, -0.2) is 68.4 Å². The standard InChI is InChI=1S/C12H22N2O4S/c1-14(2)6-4-11(16)13-10(12(17)18-3)5-8-19-9-7-15/h7,10H,4-6,8-9H2,1-3H3,(H,13,16). The van der Waals surface area contributed by atoms with Gasteiger partial charge in [0.05, 0.1) is 7.11 Å². The van der Waals surface area contributed by atoms with Crippen LogP contribution in [0.4, 0.5) is 0 Å². The molecule has 0 aromatic rings. The van der Waals surface area contributed by atoms with Crippen LogP contribution in [0.5, 0.6) is 0 Å². The second-order valence-electron chi connectivity index (χ2n) is 4.23. The second kappa shape index (κ2) is 10.8. The first-order chi connectivity index (χ1) is 9.01. The molecule has 0 saturated heterocycles. The Kier molecular flexibility index (Phi) is 10.2. The van der Waals surface area contributed by atoms with E-state index >= 15 is 0 Å². The van der Waals surface area contributed by atoms with E-state index in [1.165, 1.54) is 18.9 Å². The van der Waals surface area contributed by atoms with Gasteiger partial charge in [-0.2, -0.15) is 11.8 Å². The first-order valence-electron chi connectivity index (χ1n) is 6.04. The van der Waals surface area contributed by atoms with Gasteiger partial charge >= 0.3 is 5.97 Å². The smallest absolute Gasteiger partial charge is 0.328 e. The Morgan fingerprint density at radius 2 is 2.11 bits per heavy atom. The topological polar surface area (TPSA) is 75.7 Å². The van der Waals surface area contributed by atoms with Gasteiger partial charge in [0.1, 0.15) is 12.3 Å². The number of nitrogens with one attached hydrogen (secondary N) is 1. The highest BCUT2D eigenvalue weighted by atomic mass is 32.2. The van der Waals surface area contributed by atoms with Gasteiger partial charge < -0.3 is 19.7 Å². The molecule has 0 spiro atoms. The molecule has 0 fully saturated rings. The third kappa shape index (κ3) is 9.49. The van der Waals surface area contributed by atoms with E-state index in [9.17, 15) is 14.4 Å². The van der Waals surface area contributed by atoms with Gasteiger partial charge in [0, 0.05) is 18.7 Å². The third-order valence-corrected chi connectivity index (χ3v) is 3.24. The molecule has 0 aliphatic heterocycles. The van der Waals surface area contributed by atoms with Crippen LogP contribution in [-0.2, 0) is 19.1 Å². The molecule has 1 unspecified atom stereocenters. The summed E-state index contributed by atoms with van der Waals surface area (Å²) in [5, 5.41) is 2.66. The lowest BCUT2D eigenvalue weighted by molar-refractivity contribution is -0.145. The molecule has 7 heteroatoms. The van der Waals surface area contributed by atoms with E-state index in [0.29, 0.717) is 30.9 Å². The minimum atomic E-state index is -0.640. The van der Waals surface area contributed by atoms with Crippen LogP contribution in [0.3, 0.4) is 0 Å². The number of thioether (sulfide) groups is 1. The van der Waals surface area contributed by atoms with Gasteiger partial charge in [0.25, 0.3) is 0 Å². The van der Waals surface area contributed by atoms with Crippen molar-refractivity contribution in [3.63, 3.8) is 0 Å². The summed E-state index contributed by atoms with van der Waals surface area (Å²) in [5.41, 5.74) is 0. The zero-order valence-electron chi connectivity index (χ0n) is 11.7. The van der Waals surface area contributed by atoms with Crippen molar-refractivity contribution in [3.8, 4) is 0 Å². The fourth-order valence-corrected chi connectivity index (χ4v) is 1.98. The van der Waals surface area contributed by atoms with Crippen LogP contribution >= 0.6 is 11.8 Å². The zero-order valence-corrected chi connectivity index (χ0v) is 12.5. The molecule has 0 radical (unpaired) electrons. The molecular weight excluding hydrogens is 268 g/mol. The summed E-state index contributed by atoms with van der Waals surface area (Å²) in [4.78, 5) is 35.3. The lowest BCUT2D eigenvalue weighted by Crippen LogP contribution is -2.42. The van der Waals surface area contributed by atoms with Crippen molar-refractivity contribution in [1.29, 1.82) is 0 Å². The number of hydrogen-bond donors (Lipinski definition) is 1. The molecule has 0 saturated carbocycles. The summed E-state index contributed by atoms with van der Waals surface area (Å²) in [6, 6.07) is -0.640. The number of esters is 1. The lowest BCUT2D eigenvalue weighted by atomic mass is 10.2. The van der Waals surface area contributed by atoms with Crippen LogP contribution in [0.25, 0.3) is 0 Å². The number of rotatable bonds is 10. The first-order valence-corrected chi connectivity index (χ1v) is 7.20. The van der Waals surface area contributed by atoms with Gasteiger partial charge in [-0.15, -0.1) is 0 Å². The lowest BCUT2D eigenvalue weighted by Gasteiger charge is -2.17. The zero-order chi connectivity index (χ0) is 14.7. The normalized spacial score (nSPS) is 12.0. The average molecular weight is 290 g/mol. The Hall–Kier alpha value is -1.08. The van der Waals surface area contributed by atoms with E-state index in [4.69, 9.17) is 0 Å². The van der Waals surface area contributed by atoms with Crippen LogP contribution in [0.2, 0.25) is 0 Å². The Morgan fingerprint density at radius 1 is 1.42 bits per heavy atom. The Bertz CT molecular complexity index is 297. The molecule has 0 heterocycles. The molecule has 0 aliphatic carbocycles. The molecule has 0 aromatic carbocycles. The molecular formula is C12H22N2O4S. The van der Waals surface area contributed by atoms with Gasteiger partial charge in [-0.05, 0) is 26.3 Å².